The molecule has 0 atom stereocenters. The minimum Gasteiger partial charge on any atom is -0.0654 e. The van der Waals surface area contributed by atoms with Crippen LogP contribution >= 0.6 is 15.8 Å². The highest BCUT2D eigenvalue weighted by molar-refractivity contribution is 7.74. The van der Waals surface area contributed by atoms with Crippen LogP contribution in [0.15, 0.2) is 97.1 Å². The summed E-state index contributed by atoms with van der Waals surface area (Å²) in [6, 6.07) is 38.9. The smallest absolute Gasteiger partial charge is 0.0195 e. The Bertz CT molecular complexity index is 1130. The van der Waals surface area contributed by atoms with Crippen molar-refractivity contribution >= 4 is 37.1 Å². The Morgan fingerprint density at radius 3 is 0.733 bits per heavy atom. The SMILES string of the molecule is CCCCc1ccc(P(CCCP(c2ccc(CCCC)cc2)c2ccc(CCCC)cc2)c2ccc(CCCC)cc2)cc1. The van der Waals surface area contributed by atoms with Gasteiger partial charge in [-0.15, -0.1) is 0 Å². The van der Waals surface area contributed by atoms with Gasteiger partial charge in [0.05, 0.1) is 0 Å². The topological polar surface area (TPSA) is 0 Å². The average Bonchev–Trinajstić information content (AvgIpc) is 3.09. The van der Waals surface area contributed by atoms with Crippen molar-refractivity contribution in [3.8, 4) is 0 Å². The number of hydrogen-bond acceptors (Lipinski definition) is 0. The zero-order valence-corrected chi connectivity index (χ0v) is 30.5. The molecule has 0 N–H and O–H groups in total. The molecule has 0 bridgehead atoms. The van der Waals surface area contributed by atoms with Crippen molar-refractivity contribution < 1.29 is 0 Å². The average molecular weight is 637 g/mol. The maximum atomic E-state index is 2.45. The molecule has 0 radical (unpaired) electrons. The van der Waals surface area contributed by atoms with E-state index in [2.05, 4.69) is 125 Å². The molecule has 0 spiro atoms. The van der Waals surface area contributed by atoms with E-state index in [1.165, 1.54) is 139 Å². The molecule has 0 heterocycles. The number of hydrogen-bond donors (Lipinski definition) is 0. The molecule has 45 heavy (non-hydrogen) atoms. The molecule has 0 saturated carbocycles. The van der Waals surface area contributed by atoms with Crippen LogP contribution in [0.1, 0.15) is 108 Å². The third-order valence-electron chi connectivity index (χ3n) is 9.03. The maximum Gasteiger partial charge on any atom is -0.0195 e. The zero-order valence-electron chi connectivity index (χ0n) is 28.7. The zero-order chi connectivity index (χ0) is 31.7. The van der Waals surface area contributed by atoms with Gasteiger partial charge in [0.15, 0.2) is 0 Å². The second-order valence-corrected chi connectivity index (χ2v) is 17.4. The van der Waals surface area contributed by atoms with E-state index in [1.807, 2.05) is 0 Å². The van der Waals surface area contributed by atoms with E-state index in [1.54, 1.807) is 0 Å². The van der Waals surface area contributed by atoms with Crippen LogP contribution in [0.5, 0.6) is 0 Å². The van der Waals surface area contributed by atoms with Crippen LogP contribution in [0.3, 0.4) is 0 Å². The van der Waals surface area contributed by atoms with Crippen molar-refractivity contribution in [3.63, 3.8) is 0 Å². The van der Waals surface area contributed by atoms with Gasteiger partial charge < -0.3 is 0 Å². The van der Waals surface area contributed by atoms with Gasteiger partial charge in [-0.1, -0.05) is 150 Å². The Balaban J connectivity index is 1.55. The van der Waals surface area contributed by atoms with E-state index in [-0.39, 0.29) is 15.8 Å². The van der Waals surface area contributed by atoms with Crippen molar-refractivity contribution in [2.45, 2.75) is 111 Å². The molecule has 4 aromatic carbocycles. The van der Waals surface area contributed by atoms with Gasteiger partial charge in [-0.25, -0.2) is 0 Å². The predicted octanol–water partition coefficient (Wildman–Crippen LogP) is 11.0. The van der Waals surface area contributed by atoms with Gasteiger partial charge in [-0.05, 0) is 129 Å². The van der Waals surface area contributed by atoms with Gasteiger partial charge >= 0.3 is 0 Å². The standard InChI is InChI=1S/C43H58P2/c1-5-9-14-36-18-26-40(27-19-36)44(41-28-20-37(21-29-41)15-10-6-2)34-13-35-45(42-30-22-38(23-31-42)16-11-7-3)43-32-24-39(25-33-43)17-12-8-4/h18-33H,5-17,34-35H2,1-4H3. The van der Waals surface area contributed by atoms with Crippen molar-refractivity contribution in [2.24, 2.45) is 0 Å². The molecular weight excluding hydrogens is 578 g/mol. The Hall–Kier alpha value is -2.26. The first kappa shape index (κ1) is 35.6. The number of aryl methyl sites for hydroxylation is 4. The minimum atomic E-state index is -0.384. The molecule has 0 aromatic heterocycles. The van der Waals surface area contributed by atoms with Crippen LogP contribution in [-0.2, 0) is 25.7 Å². The molecule has 0 amide bonds. The molecule has 0 aliphatic rings. The van der Waals surface area contributed by atoms with Crippen LogP contribution in [-0.4, -0.2) is 12.3 Å². The van der Waals surface area contributed by atoms with Crippen molar-refractivity contribution in [1.82, 2.24) is 0 Å². The Morgan fingerprint density at radius 2 is 0.533 bits per heavy atom. The number of unbranched alkanes of at least 4 members (excludes halogenated alkanes) is 4. The number of rotatable bonds is 20. The summed E-state index contributed by atoms with van der Waals surface area (Å²) in [4.78, 5) is 0. The quantitative estimate of drug-likeness (QED) is 0.0847. The number of benzene rings is 4. The first-order valence-corrected chi connectivity index (χ1v) is 21.1. The molecule has 240 valence electrons. The molecule has 0 saturated heterocycles. The van der Waals surface area contributed by atoms with E-state index < -0.39 is 0 Å². The second-order valence-electron chi connectivity index (χ2n) is 12.7. The molecule has 0 aliphatic heterocycles. The van der Waals surface area contributed by atoms with E-state index in [9.17, 15) is 0 Å². The second kappa shape index (κ2) is 20.1. The highest BCUT2D eigenvalue weighted by Gasteiger charge is 2.18. The summed E-state index contributed by atoms with van der Waals surface area (Å²) < 4.78 is 0. The Labute approximate surface area is 279 Å². The monoisotopic (exact) mass is 636 g/mol. The van der Waals surface area contributed by atoms with E-state index in [4.69, 9.17) is 0 Å². The third kappa shape index (κ3) is 11.5. The summed E-state index contributed by atoms with van der Waals surface area (Å²) in [5.41, 5.74) is 5.94. The molecule has 4 aromatic rings. The first-order valence-electron chi connectivity index (χ1n) is 18.1. The molecule has 0 aliphatic carbocycles. The summed E-state index contributed by atoms with van der Waals surface area (Å²) in [7, 11) is -0.767. The van der Waals surface area contributed by atoms with Crippen molar-refractivity contribution in [1.29, 1.82) is 0 Å². The molecule has 0 nitrogen and oxygen atoms in total. The van der Waals surface area contributed by atoms with Gasteiger partial charge in [0.2, 0.25) is 0 Å². The van der Waals surface area contributed by atoms with E-state index in [0.29, 0.717) is 0 Å². The summed E-state index contributed by atoms with van der Waals surface area (Å²) in [5, 5.41) is 6.15. The molecule has 2 heteroatoms. The lowest BCUT2D eigenvalue weighted by Gasteiger charge is -2.23. The van der Waals surface area contributed by atoms with Crippen LogP contribution in [0.4, 0.5) is 0 Å². The van der Waals surface area contributed by atoms with Crippen molar-refractivity contribution in [2.75, 3.05) is 12.3 Å². The fraction of sp³-hybridized carbons (Fsp3) is 0.442. The van der Waals surface area contributed by atoms with Gasteiger partial charge in [-0.3, -0.25) is 0 Å². The molecular formula is C43H58P2. The molecule has 0 unspecified atom stereocenters. The lowest BCUT2D eigenvalue weighted by atomic mass is 10.1. The maximum absolute atomic E-state index is 2.45. The Morgan fingerprint density at radius 1 is 0.311 bits per heavy atom. The summed E-state index contributed by atoms with van der Waals surface area (Å²) in [6.07, 6.45) is 18.6. The van der Waals surface area contributed by atoms with E-state index in [0.717, 1.165) is 0 Å². The minimum absolute atomic E-state index is 0.384. The van der Waals surface area contributed by atoms with Crippen molar-refractivity contribution in [3.05, 3.63) is 119 Å². The lowest BCUT2D eigenvalue weighted by Crippen LogP contribution is -2.18. The van der Waals surface area contributed by atoms with Gasteiger partial charge in [0, 0.05) is 0 Å². The fourth-order valence-electron chi connectivity index (χ4n) is 6.10. The van der Waals surface area contributed by atoms with Gasteiger partial charge in [0.1, 0.15) is 0 Å². The summed E-state index contributed by atoms with van der Waals surface area (Å²) >= 11 is 0. The fourth-order valence-corrected chi connectivity index (χ4v) is 11.0. The third-order valence-corrected chi connectivity index (χ3v) is 14.2. The molecule has 4 rings (SSSR count). The first-order chi connectivity index (χ1) is 22.1. The summed E-state index contributed by atoms with van der Waals surface area (Å²) in [6.45, 7) is 9.14. The lowest BCUT2D eigenvalue weighted by molar-refractivity contribution is 0.795. The van der Waals surface area contributed by atoms with Gasteiger partial charge in [0.25, 0.3) is 0 Å². The predicted molar refractivity (Wildman–Crippen MR) is 207 cm³/mol. The largest absolute Gasteiger partial charge is 0.0654 e. The Kier molecular flexibility index (Phi) is 15.9. The van der Waals surface area contributed by atoms with Crippen LogP contribution in [0.25, 0.3) is 0 Å². The van der Waals surface area contributed by atoms with E-state index >= 15 is 0 Å². The normalized spacial score (nSPS) is 11.5. The van der Waals surface area contributed by atoms with Crippen LogP contribution in [0.2, 0.25) is 0 Å². The summed E-state index contributed by atoms with van der Waals surface area (Å²) in [5.74, 6) is 0. The van der Waals surface area contributed by atoms with Gasteiger partial charge in [-0.2, -0.15) is 0 Å². The van der Waals surface area contributed by atoms with Crippen LogP contribution < -0.4 is 21.2 Å². The highest BCUT2D eigenvalue weighted by Crippen LogP contribution is 2.40. The van der Waals surface area contributed by atoms with Crippen LogP contribution in [0, 0.1) is 0 Å². The molecule has 0 fully saturated rings. The highest BCUT2D eigenvalue weighted by atomic mass is 31.1.